The first-order valence-electron chi connectivity index (χ1n) is 4.70. The lowest BCUT2D eigenvalue weighted by Gasteiger charge is -2.29. The third-order valence-electron chi connectivity index (χ3n) is 1.39. The predicted octanol–water partition coefficient (Wildman–Crippen LogP) is 4.31. The van der Waals surface area contributed by atoms with Crippen molar-refractivity contribution in [3.05, 3.63) is 0 Å². The first kappa shape index (κ1) is 23.8. The van der Waals surface area contributed by atoms with E-state index in [1.165, 1.54) is 4.94 Å². The maximum Gasteiger partial charge on any atom is 0.529 e. The van der Waals surface area contributed by atoms with Gasteiger partial charge in [0.05, 0.1) is 0 Å². The molecule has 0 aromatic heterocycles. The van der Waals surface area contributed by atoms with Crippen LogP contribution in [0.5, 0.6) is 0 Å². The molecule has 0 aliphatic carbocycles. The lowest BCUT2D eigenvalue weighted by molar-refractivity contribution is -0.621. The number of halogens is 14. The summed E-state index contributed by atoms with van der Waals surface area (Å²) in [5, 5.41) is 0. The molecule has 0 aromatic rings. The van der Waals surface area contributed by atoms with Crippen LogP contribution in [0.3, 0.4) is 0 Å². The fraction of sp³-hybridized carbons (Fsp3) is 1.00. The van der Waals surface area contributed by atoms with Gasteiger partial charge in [-0.1, -0.05) is 0 Å². The van der Waals surface area contributed by atoms with Crippen molar-refractivity contribution < 1.29 is 85.5 Å². The third kappa shape index (κ3) is 8.16. The van der Waals surface area contributed by atoms with Crippen LogP contribution in [0.4, 0.5) is 61.6 Å². The molecule has 0 fully saturated rings. The Hall–Kier alpha value is -1.18. The highest BCUT2D eigenvalue weighted by Crippen LogP contribution is 2.43. The third-order valence-corrected chi connectivity index (χ3v) is 1.39. The Morgan fingerprint density at radius 1 is 0.400 bits per heavy atom. The van der Waals surface area contributed by atoms with Gasteiger partial charge in [0.2, 0.25) is 0 Å². The van der Waals surface area contributed by atoms with Crippen molar-refractivity contribution in [3.8, 4) is 0 Å². The molecule has 152 valence electrons. The molecular formula is C6F14O5. The zero-order chi connectivity index (χ0) is 20.5. The molecule has 0 atom stereocenters. The summed E-state index contributed by atoms with van der Waals surface area (Å²) < 4.78 is 175. The Labute approximate surface area is 124 Å². The largest absolute Gasteiger partial charge is 0.529 e. The van der Waals surface area contributed by atoms with Gasteiger partial charge in [-0.05, 0) is 4.53 Å². The average molecular weight is 418 g/mol. The van der Waals surface area contributed by atoms with Crippen LogP contribution >= 0.6 is 0 Å². The van der Waals surface area contributed by atoms with E-state index in [2.05, 4.69) is 0 Å². The van der Waals surface area contributed by atoms with Crippen LogP contribution in [0.1, 0.15) is 0 Å². The Morgan fingerprint density at radius 2 is 0.720 bits per heavy atom. The van der Waals surface area contributed by atoms with Gasteiger partial charge in [-0.25, -0.2) is 14.2 Å². The SMILES string of the molecule is FOC(F)(F)C(F)(F)OC(F)(F)OC(F)(F)OC(F)(F)OC(F)(F)F. The van der Waals surface area contributed by atoms with Crippen LogP contribution in [-0.4, -0.2) is 37.5 Å². The molecular weight excluding hydrogens is 418 g/mol. The van der Waals surface area contributed by atoms with Crippen LogP contribution in [0, 0.1) is 0 Å². The van der Waals surface area contributed by atoms with Gasteiger partial charge in [0.15, 0.2) is 0 Å². The maximum atomic E-state index is 12.5. The van der Waals surface area contributed by atoms with E-state index in [1.807, 2.05) is 0 Å². The van der Waals surface area contributed by atoms with Crippen molar-refractivity contribution in [1.29, 1.82) is 0 Å². The summed E-state index contributed by atoms with van der Waals surface area (Å²) in [7, 11) is 0. The van der Waals surface area contributed by atoms with Gasteiger partial charge < -0.3 is 0 Å². The molecule has 0 aromatic carbocycles. The maximum absolute atomic E-state index is 12.5. The summed E-state index contributed by atoms with van der Waals surface area (Å²) >= 11 is 0. The van der Waals surface area contributed by atoms with Crippen molar-refractivity contribution in [1.82, 2.24) is 0 Å². The number of rotatable bonds is 9. The highest BCUT2D eigenvalue weighted by Gasteiger charge is 2.68. The fourth-order valence-electron chi connectivity index (χ4n) is 0.727. The molecule has 0 spiro atoms. The molecule has 0 aliphatic rings. The molecule has 0 unspecified atom stereocenters. The van der Waals surface area contributed by atoms with Crippen molar-refractivity contribution in [3.63, 3.8) is 0 Å². The molecule has 0 aliphatic heterocycles. The monoisotopic (exact) mass is 418 g/mol. The van der Waals surface area contributed by atoms with Crippen LogP contribution in [0.25, 0.3) is 0 Å². The molecule has 0 saturated carbocycles. The van der Waals surface area contributed by atoms with Gasteiger partial charge >= 0.3 is 37.5 Å². The van der Waals surface area contributed by atoms with E-state index in [4.69, 9.17) is 0 Å². The summed E-state index contributed by atoms with van der Waals surface area (Å²) in [5.74, 6) is 0. The predicted molar refractivity (Wildman–Crippen MR) is 37.3 cm³/mol. The second-order valence-corrected chi connectivity index (χ2v) is 3.35. The van der Waals surface area contributed by atoms with E-state index in [0.29, 0.717) is 0 Å². The lowest BCUT2D eigenvalue weighted by atomic mass is 10.6. The summed E-state index contributed by atoms with van der Waals surface area (Å²) in [6.45, 7) is 0. The number of alkyl halides is 13. The number of hydrogen-bond donors (Lipinski definition) is 0. The van der Waals surface area contributed by atoms with Gasteiger partial charge in [-0.15, -0.1) is 44.5 Å². The molecule has 0 amide bonds. The van der Waals surface area contributed by atoms with Gasteiger partial charge in [-0.2, -0.15) is 22.3 Å². The van der Waals surface area contributed by atoms with Gasteiger partial charge in [-0.3, -0.25) is 0 Å². The minimum atomic E-state index is -6.73. The normalized spacial score (nSPS) is 15.6. The van der Waals surface area contributed by atoms with Gasteiger partial charge in [0.1, 0.15) is 0 Å². The molecule has 19 heteroatoms. The Morgan fingerprint density at radius 3 is 1.04 bits per heavy atom. The highest BCUT2D eigenvalue weighted by molar-refractivity contribution is 4.65. The smallest absolute Gasteiger partial charge is 0.222 e. The standard InChI is InChI=1S/C6F14O5/c7-1(8,2(9,10)25-20)21-4(14,15)23-6(18,19)24-5(16,17)22-3(11,12)13. The van der Waals surface area contributed by atoms with Crippen molar-refractivity contribution in [2.24, 2.45) is 0 Å². The zero-order valence-electron chi connectivity index (χ0n) is 10.3. The summed E-state index contributed by atoms with van der Waals surface area (Å²) in [4.78, 5) is 1.23. The highest BCUT2D eigenvalue weighted by atomic mass is 19.4. The Balaban J connectivity index is 5.14. The number of hydrogen-bond acceptors (Lipinski definition) is 5. The van der Waals surface area contributed by atoms with Gasteiger partial charge in [0, 0.05) is 0 Å². The summed E-state index contributed by atoms with van der Waals surface area (Å²) in [6, 6.07) is 0. The van der Waals surface area contributed by atoms with E-state index in [9.17, 15) is 61.6 Å². The molecule has 0 saturated heterocycles. The van der Waals surface area contributed by atoms with Crippen LogP contribution in [0.15, 0.2) is 0 Å². The van der Waals surface area contributed by atoms with Gasteiger partial charge in [0.25, 0.3) is 0 Å². The lowest BCUT2D eigenvalue weighted by Crippen LogP contribution is -2.51. The van der Waals surface area contributed by atoms with Crippen molar-refractivity contribution >= 4 is 0 Å². The fourth-order valence-corrected chi connectivity index (χ4v) is 0.727. The molecule has 25 heavy (non-hydrogen) atoms. The number of ether oxygens (including phenoxy) is 4. The molecule has 0 bridgehead atoms. The average Bonchev–Trinajstić information content (AvgIpc) is 2.18. The first-order valence-corrected chi connectivity index (χ1v) is 4.70. The van der Waals surface area contributed by atoms with E-state index in [-0.39, 0.29) is 0 Å². The van der Waals surface area contributed by atoms with E-state index in [1.54, 1.807) is 18.9 Å². The van der Waals surface area contributed by atoms with Crippen LogP contribution < -0.4 is 0 Å². The Bertz CT molecular complexity index is 445. The van der Waals surface area contributed by atoms with Crippen LogP contribution in [0.2, 0.25) is 0 Å². The van der Waals surface area contributed by atoms with Crippen LogP contribution in [-0.2, 0) is 23.9 Å². The molecule has 5 nitrogen and oxygen atoms in total. The first-order chi connectivity index (χ1) is 10.6. The molecule has 0 rings (SSSR count). The quantitative estimate of drug-likeness (QED) is 0.413. The van der Waals surface area contributed by atoms with E-state index >= 15 is 0 Å². The molecule has 0 heterocycles. The molecule has 0 N–H and O–H groups in total. The minimum Gasteiger partial charge on any atom is -0.222 e. The zero-order valence-corrected chi connectivity index (χ0v) is 10.3. The van der Waals surface area contributed by atoms with E-state index < -0.39 is 37.5 Å². The summed E-state index contributed by atoms with van der Waals surface area (Å²) in [6.07, 6.45) is -39.2. The van der Waals surface area contributed by atoms with E-state index in [0.717, 1.165) is 0 Å². The Kier molecular flexibility index (Phi) is 6.53. The van der Waals surface area contributed by atoms with Crippen molar-refractivity contribution in [2.45, 2.75) is 37.5 Å². The van der Waals surface area contributed by atoms with Crippen molar-refractivity contribution in [2.75, 3.05) is 0 Å². The molecule has 0 radical (unpaired) electrons. The summed E-state index contributed by atoms with van der Waals surface area (Å²) in [5.41, 5.74) is 0. The second-order valence-electron chi connectivity index (χ2n) is 3.35. The second kappa shape index (κ2) is 6.85. The minimum absolute atomic E-state index is 1.23. The topological polar surface area (TPSA) is 46.2 Å².